The molecule has 0 fully saturated rings. The Bertz CT molecular complexity index is 1140. The Morgan fingerprint density at radius 3 is 2.43 bits per heavy atom. The maximum absolute atomic E-state index is 13.3. The van der Waals surface area contributed by atoms with E-state index < -0.39 is 35.3 Å². The highest BCUT2D eigenvalue weighted by molar-refractivity contribution is 6.42. The molecule has 3 aromatic heterocycles. The molecule has 3 rings (SSSR count). The molecule has 0 saturated carbocycles. The molecule has 2 atom stereocenters. The number of carbonyl (C=O) groups excluding carboxylic acids is 2. The first-order chi connectivity index (χ1) is 16.6. The molecule has 3 heterocycles. The summed E-state index contributed by atoms with van der Waals surface area (Å²) in [5.74, 6) is -1.40. The Balaban J connectivity index is 2.01. The lowest BCUT2D eigenvalue weighted by atomic mass is 9.84. The number of carbonyl (C=O) groups is 3. The molecular weight excluding hydrogens is 454 g/mol. The van der Waals surface area contributed by atoms with E-state index in [1.807, 2.05) is 6.92 Å². The van der Waals surface area contributed by atoms with Gasteiger partial charge in [-0.25, -0.2) is 4.79 Å². The average Bonchev–Trinajstić information content (AvgIpc) is 3.50. The fourth-order valence-corrected chi connectivity index (χ4v) is 3.74. The summed E-state index contributed by atoms with van der Waals surface area (Å²) >= 11 is 0. The summed E-state index contributed by atoms with van der Waals surface area (Å²) in [5.41, 5.74) is -0.142. The molecule has 2 amide bonds. The van der Waals surface area contributed by atoms with Gasteiger partial charge in [0.1, 0.15) is 17.9 Å². The highest BCUT2D eigenvalue weighted by Crippen LogP contribution is 2.40. The van der Waals surface area contributed by atoms with Crippen LogP contribution in [0.3, 0.4) is 0 Å². The van der Waals surface area contributed by atoms with Crippen molar-refractivity contribution in [2.45, 2.75) is 59.0 Å². The van der Waals surface area contributed by atoms with Crippen LogP contribution in [0.4, 0.5) is 10.6 Å². The minimum Gasteiger partial charge on any atom is -0.465 e. The number of nitrogens with one attached hydrogen (secondary N) is 2. The van der Waals surface area contributed by atoms with Crippen LogP contribution in [0, 0.1) is 5.41 Å². The molecule has 35 heavy (non-hydrogen) atoms. The monoisotopic (exact) mass is 483 g/mol. The van der Waals surface area contributed by atoms with Crippen molar-refractivity contribution in [1.82, 2.24) is 30.3 Å². The van der Waals surface area contributed by atoms with Crippen LogP contribution in [0.5, 0.6) is 0 Å². The maximum atomic E-state index is 13.3. The van der Waals surface area contributed by atoms with Crippen LogP contribution in [0.15, 0.2) is 41.2 Å². The second kappa shape index (κ2) is 10.9. The van der Waals surface area contributed by atoms with Crippen molar-refractivity contribution in [2.75, 3.05) is 5.32 Å². The summed E-state index contributed by atoms with van der Waals surface area (Å²) in [7, 11) is 0. The number of unbranched alkanes of at least 4 members (excludes halogenated alkanes) is 1. The van der Waals surface area contributed by atoms with Gasteiger partial charge in [-0.15, -0.1) is 10.2 Å². The van der Waals surface area contributed by atoms with Crippen LogP contribution in [0.25, 0.3) is 11.5 Å². The van der Waals surface area contributed by atoms with Crippen LogP contribution in [-0.4, -0.2) is 59.2 Å². The number of aromatic nitrogens is 5. The van der Waals surface area contributed by atoms with Crippen molar-refractivity contribution >= 4 is 23.6 Å². The van der Waals surface area contributed by atoms with E-state index in [9.17, 15) is 19.5 Å². The SMILES string of the molecule is CCCC[C@@H](C(=O)C(=O)Nc1ccn[nH]1)N(C(=O)O)[C@@H](c1nnc(-c2ccncc2)o1)C(C)(C)C. The molecule has 12 heteroatoms. The van der Waals surface area contributed by atoms with E-state index in [4.69, 9.17) is 4.42 Å². The van der Waals surface area contributed by atoms with Gasteiger partial charge in [-0.3, -0.25) is 24.6 Å². The largest absolute Gasteiger partial charge is 0.465 e. The predicted octanol–water partition coefficient (Wildman–Crippen LogP) is 3.69. The van der Waals surface area contributed by atoms with Gasteiger partial charge >= 0.3 is 6.09 Å². The first-order valence-electron chi connectivity index (χ1n) is 11.2. The van der Waals surface area contributed by atoms with E-state index >= 15 is 0 Å². The first-order valence-corrected chi connectivity index (χ1v) is 11.2. The van der Waals surface area contributed by atoms with Crippen molar-refractivity contribution in [2.24, 2.45) is 5.41 Å². The Kier molecular flexibility index (Phi) is 7.94. The maximum Gasteiger partial charge on any atom is 0.408 e. The number of aromatic amines is 1. The summed E-state index contributed by atoms with van der Waals surface area (Å²) in [4.78, 5) is 43.6. The predicted molar refractivity (Wildman–Crippen MR) is 125 cm³/mol. The average molecular weight is 484 g/mol. The van der Waals surface area contributed by atoms with Crippen LogP contribution in [-0.2, 0) is 9.59 Å². The highest BCUT2D eigenvalue weighted by Gasteiger charge is 2.45. The van der Waals surface area contributed by atoms with Gasteiger partial charge in [-0.2, -0.15) is 5.10 Å². The first kappa shape index (κ1) is 25.5. The number of H-pyrrole nitrogens is 1. The van der Waals surface area contributed by atoms with Gasteiger partial charge in [0.25, 0.3) is 5.91 Å². The zero-order chi connectivity index (χ0) is 25.6. The normalized spacial score (nSPS) is 13.1. The number of ketones is 1. The van der Waals surface area contributed by atoms with Gasteiger partial charge in [0.05, 0.1) is 6.20 Å². The zero-order valence-electron chi connectivity index (χ0n) is 20.1. The van der Waals surface area contributed by atoms with Gasteiger partial charge < -0.3 is 14.8 Å². The lowest BCUT2D eigenvalue weighted by molar-refractivity contribution is -0.139. The lowest BCUT2D eigenvalue weighted by Crippen LogP contribution is -2.52. The molecule has 0 unspecified atom stereocenters. The number of rotatable bonds is 10. The molecule has 0 radical (unpaired) electrons. The third kappa shape index (κ3) is 6.08. The molecule has 0 saturated heterocycles. The van der Waals surface area contributed by atoms with Crippen molar-refractivity contribution in [3.8, 4) is 11.5 Å². The quantitative estimate of drug-likeness (QED) is 0.364. The van der Waals surface area contributed by atoms with Crippen molar-refractivity contribution in [3.63, 3.8) is 0 Å². The number of hydrogen-bond acceptors (Lipinski definition) is 8. The number of Topliss-reactive ketones (excluding diaryl/α,β-unsaturated/α-hetero) is 1. The molecule has 0 bridgehead atoms. The standard InChI is InChI=1S/C23H29N7O5/c1-5-6-7-15(17(31)19(32)26-16-10-13-25-27-16)30(22(33)34)18(23(2,3)4)21-29-28-20(35-21)14-8-11-24-12-9-14/h8-13,15,18H,5-7H2,1-4H3,(H,33,34)(H2,25,26,27,32)/t15-,18-/m0/s1. The number of nitrogens with zero attached hydrogens (tertiary/aromatic N) is 5. The number of carboxylic acid groups (broad SMARTS) is 1. The second-order valence-electron chi connectivity index (χ2n) is 9.09. The van der Waals surface area contributed by atoms with Gasteiger partial charge in [-0.05, 0) is 24.0 Å². The molecule has 186 valence electrons. The molecular formula is C23H29N7O5. The van der Waals surface area contributed by atoms with E-state index in [1.54, 1.807) is 45.3 Å². The van der Waals surface area contributed by atoms with Gasteiger partial charge in [-0.1, -0.05) is 40.5 Å². The Morgan fingerprint density at radius 2 is 1.86 bits per heavy atom. The van der Waals surface area contributed by atoms with Crippen LogP contribution < -0.4 is 5.32 Å². The molecule has 3 aromatic rings. The fraction of sp³-hybridized carbons (Fsp3) is 0.435. The number of hydrogen-bond donors (Lipinski definition) is 3. The minimum atomic E-state index is -1.38. The molecule has 0 aliphatic heterocycles. The summed E-state index contributed by atoms with van der Waals surface area (Å²) < 4.78 is 5.89. The second-order valence-corrected chi connectivity index (χ2v) is 9.09. The smallest absolute Gasteiger partial charge is 0.408 e. The number of anilines is 1. The summed E-state index contributed by atoms with van der Waals surface area (Å²) in [5, 5.41) is 27.2. The van der Waals surface area contributed by atoms with Crippen molar-refractivity contribution in [3.05, 3.63) is 42.7 Å². The number of pyridine rings is 1. The molecule has 0 aliphatic carbocycles. The van der Waals surface area contributed by atoms with Crippen molar-refractivity contribution in [1.29, 1.82) is 0 Å². The Hall–Kier alpha value is -4.09. The van der Waals surface area contributed by atoms with E-state index in [2.05, 4.69) is 30.7 Å². The Morgan fingerprint density at radius 1 is 1.14 bits per heavy atom. The molecule has 0 spiro atoms. The molecule has 12 nitrogen and oxygen atoms in total. The lowest BCUT2D eigenvalue weighted by Gasteiger charge is -2.39. The van der Waals surface area contributed by atoms with Crippen LogP contribution in [0.2, 0.25) is 0 Å². The van der Waals surface area contributed by atoms with Gasteiger partial charge in [0.15, 0.2) is 0 Å². The summed E-state index contributed by atoms with van der Waals surface area (Å²) in [6.45, 7) is 7.32. The highest BCUT2D eigenvalue weighted by atomic mass is 16.4. The number of amides is 2. The van der Waals surface area contributed by atoms with E-state index in [0.717, 1.165) is 4.90 Å². The molecule has 0 aliphatic rings. The topological polar surface area (TPSA) is 167 Å². The Labute approximate surface area is 202 Å². The van der Waals surface area contributed by atoms with E-state index in [0.29, 0.717) is 18.4 Å². The minimum absolute atomic E-state index is 0.0231. The third-order valence-corrected chi connectivity index (χ3v) is 5.36. The summed E-state index contributed by atoms with van der Waals surface area (Å²) in [6, 6.07) is 2.58. The zero-order valence-corrected chi connectivity index (χ0v) is 20.1. The third-order valence-electron chi connectivity index (χ3n) is 5.36. The van der Waals surface area contributed by atoms with Crippen LogP contribution in [0.1, 0.15) is 58.9 Å². The molecule has 3 N–H and O–H groups in total. The van der Waals surface area contributed by atoms with Crippen molar-refractivity contribution < 1.29 is 23.9 Å². The summed E-state index contributed by atoms with van der Waals surface area (Å²) in [6.07, 6.45) is 4.56. The van der Waals surface area contributed by atoms with E-state index in [1.165, 1.54) is 12.3 Å². The van der Waals surface area contributed by atoms with Crippen LogP contribution >= 0.6 is 0 Å². The molecule has 0 aromatic carbocycles. The van der Waals surface area contributed by atoms with E-state index in [-0.39, 0.29) is 24.0 Å². The van der Waals surface area contributed by atoms with Gasteiger partial charge in [0.2, 0.25) is 17.6 Å². The van der Waals surface area contributed by atoms with Gasteiger partial charge in [0, 0.05) is 24.0 Å². The fourth-order valence-electron chi connectivity index (χ4n) is 3.74.